The average molecular weight is 423 g/mol. The Labute approximate surface area is 177 Å². The highest BCUT2D eigenvalue weighted by molar-refractivity contribution is 6.01. The van der Waals surface area contributed by atoms with Crippen LogP contribution >= 0.6 is 0 Å². The van der Waals surface area contributed by atoms with Gasteiger partial charge in [-0.15, -0.1) is 0 Å². The fraction of sp³-hybridized carbons (Fsp3) is 0.870. The van der Waals surface area contributed by atoms with E-state index < -0.39 is 46.2 Å². The minimum atomic E-state index is -1.45. The lowest BCUT2D eigenvalue weighted by atomic mass is 9.39. The predicted octanol–water partition coefficient (Wildman–Crippen LogP) is 1.52. The van der Waals surface area contributed by atoms with E-state index >= 15 is 0 Å². The first-order chi connectivity index (χ1) is 14.0. The molecular weight excluding hydrogens is 388 g/mol. The molecule has 9 atom stereocenters. The first-order valence-corrected chi connectivity index (χ1v) is 11.1. The van der Waals surface area contributed by atoms with Crippen LogP contribution in [0.5, 0.6) is 0 Å². The van der Waals surface area contributed by atoms with E-state index in [1.165, 1.54) is 14.0 Å². The molecule has 4 fully saturated rings. The lowest BCUT2D eigenvalue weighted by Gasteiger charge is -2.64. The van der Waals surface area contributed by atoms with Gasteiger partial charge in [0.25, 0.3) is 0 Å². The number of hydrogen-bond acceptors (Lipinski definition) is 7. The Morgan fingerprint density at radius 1 is 1.20 bits per heavy atom. The van der Waals surface area contributed by atoms with Gasteiger partial charge in [-0.05, 0) is 30.6 Å². The molecule has 4 saturated carbocycles. The Hall–Kier alpha value is -1.31. The second-order valence-corrected chi connectivity index (χ2v) is 10.7. The van der Waals surface area contributed by atoms with Crippen molar-refractivity contribution in [3.05, 3.63) is 0 Å². The fourth-order valence-electron chi connectivity index (χ4n) is 8.04. The molecule has 0 aromatic heterocycles. The highest BCUT2D eigenvalue weighted by Gasteiger charge is 2.77. The number of carbonyl (C=O) groups is 3. The van der Waals surface area contributed by atoms with E-state index in [0.29, 0.717) is 6.42 Å². The molecule has 0 aromatic carbocycles. The number of aliphatic hydroxyl groups is 2. The van der Waals surface area contributed by atoms with E-state index in [4.69, 9.17) is 9.47 Å². The number of ketones is 2. The van der Waals surface area contributed by atoms with Crippen molar-refractivity contribution < 1.29 is 34.1 Å². The van der Waals surface area contributed by atoms with Gasteiger partial charge in [0.1, 0.15) is 5.78 Å². The van der Waals surface area contributed by atoms with Gasteiger partial charge in [0.2, 0.25) is 0 Å². The van der Waals surface area contributed by atoms with Crippen LogP contribution in [0.2, 0.25) is 0 Å². The maximum atomic E-state index is 13.7. The van der Waals surface area contributed by atoms with Crippen molar-refractivity contribution in [1.82, 2.24) is 0 Å². The smallest absolute Gasteiger partial charge is 0.302 e. The van der Waals surface area contributed by atoms with E-state index in [-0.39, 0.29) is 43.1 Å². The monoisotopic (exact) mass is 422 g/mol. The number of methoxy groups -OCH3 is 1. The van der Waals surface area contributed by atoms with Crippen LogP contribution in [0.1, 0.15) is 52.9 Å². The third kappa shape index (κ3) is 2.64. The fourth-order valence-corrected chi connectivity index (χ4v) is 8.04. The molecule has 7 heteroatoms. The molecule has 0 saturated heterocycles. The van der Waals surface area contributed by atoms with Crippen molar-refractivity contribution >= 4 is 17.5 Å². The van der Waals surface area contributed by atoms with Crippen molar-refractivity contribution in [3.63, 3.8) is 0 Å². The number of rotatable bonds is 4. The summed E-state index contributed by atoms with van der Waals surface area (Å²) in [6.45, 7) is 5.86. The van der Waals surface area contributed by atoms with Crippen LogP contribution in [0.3, 0.4) is 0 Å². The Morgan fingerprint density at radius 2 is 1.90 bits per heavy atom. The van der Waals surface area contributed by atoms with Crippen molar-refractivity contribution in [3.8, 4) is 0 Å². The molecule has 30 heavy (non-hydrogen) atoms. The standard InChI is InChI=1S/C23H34O7/c1-12(24)30-11-21(2)6-5-7-22(3)16(21)9-17(26)23-18(22)15(25)8-13(19(23)27)14(10-29-4)20(23)28/h13-14,16-19,26-27H,5-11H2,1-4H3/t13-,14-,16-,17-,18+,19-,21-,22-,23+/m1/s1. The Kier molecular flexibility index (Phi) is 5.19. The van der Waals surface area contributed by atoms with Crippen molar-refractivity contribution in [2.45, 2.75) is 65.1 Å². The maximum absolute atomic E-state index is 13.7. The Bertz CT molecular complexity index is 765. The average Bonchev–Trinajstić information content (AvgIpc) is 2.79. The van der Waals surface area contributed by atoms with Gasteiger partial charge >= 0.3 is 5.97 Å². The summed E-state index contributed by atoms with van der Waals surface area (Å²) in [7, 11) is 1.51. The third-order valence-corrected chi connectivity index (χ3v) is 9.13. The normalized spacial score (nSPS) is 50.1. The summed E-state index contributed by atoms with van der Waals surface area (Å²) in [5.41, 5.74) is -2.39. The van der Waals surface area contributed by atoms with E-state index in [1.54, 1.807) is 0 Å². The first kappa shape index (κ1) is 21.9. The van der Waals surface area contributed by atoms with Crippen LogP contribution in [0.15, 0.2) is 0 Å². The molecule has 4 rings (SSSR count). The highest BCUT2D eigenvalue weighted by atomic mass is 16.5. The van der Waals surface area contributed by atoms with Crippen LogP contribution in [0, 0.1) is 39.9 Å². The van der Waals surface area contributed by atoms with Crippen molar-refractivity contribution in [2.24, 2.45) is 39.9 Å². The zero-order chi connectivity index (χ0) is 22.1. The van der Waals surface area contributed by atoms with Gasteiger partial charge in [-0.1, -0.05) is 20.3 Å². The summed E-state index contributed by atoms with van der Waals surface area (Å²) >= 11 is 0. The predicted molar refractivity (Wildman–Crippen MR) is 106 cm³/mol. The molecular formula is C23H34O7. The van der Waals surface area contributed by atoms with Crippen LogP contribution in [-0.2, 0) is 23.9 Å². The molecule has 7 nitrogen and oxygen atoms in total. The highest BCUT2D eigenvalue weighted by Crippen LogP contribution is 2.70. The first-order valence-electron chi connectivity index (χ1n) is 11.1. The van der Waals surface area contributed by atoms with Crippen LogP contribution in [-0.4, -0.2) is 60.3 Å². The summed E-state index contributed by atoms with van der Waals surface area (Å²) in [4.78, 5) is 38.7. The quantitative estimate of drug-likeness (QED) is 0.661. The maximum Gasteiger partial charge on any atom is 0.302 e. The molecule has 0 radical (unpaired) electrons. The lowest BCUT2D eigenvalue weighted by Crippen LogP contribution is -2.69. The van der Waals surface area contributed by atoms with Gasteiger partial charge in [0.05, 0.1) is 30.8 Å². The number of Topliss-reactive ketones (excluding diaryl/α,β-unsaturated/α-hetero) is 2. The van der Waals surface area contributed by atoms with Crippen molar-refractivity contribution in [1.29, 1.82) is 0 Å². The molecule has 0 aromatic rings. The molecule has 0 heterocycles. The summed E-state index contributed by atoms with van der Waals surface area (Å²) in [5.74, 6) is -2.46. The Morgan fingerprint density at radius 3 is 2.53 bits per heavy atom. The van der Waals surface area contributed by atoms with Gasteiger partial charge in [0, 0.05) is 43.6 Å². The molecule has 4 aliphatic carbocycles. The second kappa shape index (κ2) is 7.10. The Balaban J connectivity index is 1.80. The summed E-state index contributed by atoms with van der Waals surface area (Å²) in [6.07, 6.45) is 0.727. The molecule has 0 aliphatic heterocycles. The summed E-state index contributed by atoms with van der Waals surface area (Å²) in [5, 5.41) is 22.7. The number of hydrogen-bond donors (Lipinski definition) is 2. The minimum Gasteiger partial charge on any atom is -0.465 e. The zero-order valence-corrected chi connectivity index (χ0v) is 18.3. The van der Waals surface area contributed by atoms with Crippen LogP contribution < -0.4 is 0 Å². The molecule has 0 unspecified atom stereocenters. The van der Waals surface area contributed by atoms with E-state index in [9.17, 15) is 24.6 Å². The largest absolute Gasteiger partial charge is 0.465 e. The number of fused-ring (bicyclic) bond motifs is 3. The van der Waals surface area contributed by atoms with Gasteiger partial charge in [-0.3, -0.25) is 14.4 Å². The molecule has 1 spiro atoms. The van der Waals surface area contributed by atoms with Gasteiger partial charge in [-0.25, -0.2) is 0 Å². The third-order valence-electron chi connectivity index (χ3n) is 9.13. The van der Waals surface area contributed by atoms with Crippen LogP contribution in [0.25, 0.3) is 0 Å². The second-order valence-electron chi connectivity index (χ2n) is 10.7. The SMILES string of the molecule is COC[C@H]1C(=O)[C@@]23[C@H](O)C[C@@H]4[C@@](C)(COC(C)=O)CCC[C@@]4(C)[C@@H]2C(=O)C[C@H]1[C@H]3O. The molecule has 2 bridgehead atoms. The molecule has 2 N–H and O–H groups in total. The molecule has 0 amide bonds. The lowest BCUT2D eigenvalue weighted by molar-refractivity contribution is -0.226. The van der Waals surface area contributed by atoms with E-state index in [1.807, 2.05) is 6.92 Å². The summed E-state index contributed by atoms with van der Waals surface area (Å²) in [6, 6.07) is 0. The zero-order valence-electron chi connectivity index (χ0n) is 18.3. The number of carbonyl (C=O) groups excluding carboxylic acids is 3. The van der Waals surface area contributed by atoms with Crippen molar-refractivity contribution in [2.75, 3.05) is 20.3 Å². The number of esters is 1. The number of aliphatic hydroxyl groups excluding tert-OH is 2. The van der Waals surface area contributed by atoms with Gasteiger partial charge in [-0.2, -0.15) is 0 Å². The van der Waals surface area contributed by atoms with Crippen LogP contribution in [0.4, 0.5) is 0 Å². The van der Waals surface area contributed by atoms with E-state index in [0.717, 1.165) is 19.3 Å². The molecule has 168 valence electrons. The minimum absolute atomic E-state index is 0.0276. The summed E-state index contributed by atoms with van der Waals surface area (Å²) < 4.78 is 10.6. The number of ether oxygens (including phenoxy) is 2. The molecule has 4 aliphatic rings. The van der Waals surface area contributed by atoms with E-state index in [2.05, 4.69) is 6.92 Å². The van der Waals surface area contributed by atoms with Gasteiger partial charge in [0.15, 0.2) is 5.78 Å². The van der Waals surface area contributed by atoms with Gasteiger partial charge < -0.3 is 19.7 Å². The topological polar surface area (TPSA) is 110 Å².